The maximum atomic E-state index is 12.5. The average Bonchev–Trinajstić information content (AvgIpc) is 3.23. The van der Waals surface area contributed by atoms with Gasteiger partial charge < -0.3 is 19.9 Å². The summed E-state index contributed by atoms with van der Waals surface area (Å²) in [5.74, 6) is 0.715. The fourth-order valence-electron chi connectivity index (χ4n) is 3.22. The maximum absolute atomic E-state index is 12.5. The highest BCUT2D eigenvalue weighted by molar-refractivity contribution is 6.08. The third-order valence-corrected chi connectivity index (χ3v) is 4.71. The van der Waals surface area contributed by atoms with Crippen molar-refractivity contribution in [2.45, 2.75) is 6.92 Å². The molecule has 0 bridgehead atoms. The fraction of sp³-hybridized carbons (Fsp3) is 0.0833. The molecule has 4 aromatic rings. The maximum Gasteiger partial charge on any atom is 0.430 e. The molecule has 0 spiro atoms. The van der Waals surface area contributed by atoms with Crippen molar-refractivity contribution in [1.82, 2.24) is 14.9 Å². The highest BCUT2D eigenvalue weighted by Gasteiger charge is 2.27. The van der Waals surface area contributed by atoms with Crippen LogP contribution in [0.2, 0.25) is 0 Å². The average molecular weight is 460 g/mol. The van der Waals surface area contributed by atoms with Gasteiger partial charge in [-0.1, -0.05) is 18.2 Å². The number of hydrogen-bond acceptors (Lipinski definition) is 6. The number of rotatable bonds is 5. The molecule has 2 heterocycles. The molecule has 0 saturated carbocycles. The lowest BCUT2D eigenvalue weighted by molar-refractivity contribution is 0.187. The van der Waals surface area contributed by atoms with Gasteiger partial charge >= 0.3 is 18.2 Å². The van der Waals surface area contributed by atoms with Gasteiger partial charge in [0.2, 0.25) is 0 Å². The van der Waals surface area contributed by atoms with E-state index in [1.807, 2.05) is 6.92 Å². The van der Waals surface area contributed by atoms with E-state index < -0.39 is 12.2 Å². The number of pyridine rings is 1. The molecule has 0 atom stereocenters. The second-order valence-corrected chi connectivity index (χ2v) is 6.99. The number of para-hydroxylation sites is 1. The molecule has 2 N–H and O–H groups in total. The minimum absolute atomic E-state index is 0.186. The minimum atomic E-state index is -1.56. The van der Waals surface area contributed by atoms with Crippen molar-refractivity contribution in [1.29, 1.82) is 0 Å². The molecule has 172 valence electrons. The molecule has 10 nitrogen and oxygen atoms in total. The molecule has 10 heteroatoms. The summed E-state index contributed by atoms with van der Waals surface area (Å²) < 4.78 is 12.5. The zero-order valence-electron chi connectivity index (χ0n) is 18.0. The van der Waals surface area contributed by atoms with E-state index in [-0.39, 0.29) is 23.3 Å². The van der Waals surface area contributed by atoms with Gasteiger partial charge in [0.25, 0.3) is 0 Å². The molecule has 0 fully saturated rings. The van der Waals surface area contributed by atoms with Crippen LogP contribution < -0.4 is 19.7 Å². The molecular weight excluding hydrogens is 440 g/mol. The number of fused-ring (bicyclic) bond motifs is 1. The second-order valence-electron chi connectivity index (χ2n) is 6.99. The first kappa shape index (κ1) is 22.3. The topological polar surface area (TPSA) is 123 Å². The number of carbonyl (C=O) groups is 3. The number of hydrogen-bond donors (Lipinski definition) is 2. The van der Waals surface area contributed by atoms with E-state index in [9.17, 15) is 19.5 Å². The van der Waals surface area contributed by atoms with Gasteiger partial charge in [0.1, 0.15) is 17.2 Å². The van der Waals surface area contributed by atoms with Crippen LogP contribution in [-0.4, -0.2) is 39.4 Å². The molecule has 34 heavy (non-hydrogen) atoms. The van der Waals surface area contributed by atoms with Gasteiger partial charge in [-0.15, -0.1) is 0 Å². The Hall–Kier alpha value is -4.86. The van der Waals surface area contributed by atoms with Gasteiger partial charge in [-0.3, -0.25) is 4.57 Å². The first-order valence-corrected chi connectivity index (χ1v) is 10.3. The van der Waals surface area contributed by atoms with E-state index in [1.165, 1.54) is 35.0 Å². The molecule has 2 aromatic carbocycles. The molecule has 0 aliphatic carbocycles. The van der Waals surface area contributed by atoms with Crippen LogP contribution in [0.15, 0.2) is 79.1 Å². The number of carbonyl (C=O) groups excluding carboxylic acids is 2. The number of aromatic nitrogens is 2. The van der Waals surface area contributed by atoms with Crippen LogP contribution in [0.25, 0.3) is 10.9 Å². The zero-order valence-corrected chi connectivity index (χ0v) is 18.0. The lowest BCUT2D eigenvalue weighted by Crippen LogP contribution is -2.38. The van der Waals surface area contributed by atoms with E-state index in [1.54, 1.807) is 48.7 Å². The summed E-state index contributed by atoms with van der Waals surface area (Å²) in [6.45, 7) is 2.35. The van der Waals surface area contributed by atoms with Gasteiger partial charge in [-0.25, -0.2) is 19.4 Å². The van der Waals surface area contributed by atoms with E-state index in [0.29, 0.717) is 22.7 Å². The zero-order chi connectivity index (χ0) is 24.1. The summed E-state index contributed by atoms with van der Waals surface area (Å²) in [7, 11) is 0. The van der Waals surface area contributed by atoms with Crippen LogP contribution in [0.3, 0.4) is 0 Å². The van der Waals surface area contributed by atoms with Gasteiger partial charge in [0.15, 0.2) is 5.82 Å². The highest BCUT2D eigenvalue weighted by Crippen LogP contribution is 2.28. The predicted octanol–water partition coefficient (Wildman–Crippen LogP) is 5.09. The number of carboxylic acid groups (broad SMARTS) is 1. The highest BCUT2D eigenvalue weighted by atomic mass is 16.6. The van der Waals surface area contributed by atoms with Crippen molar-refractivity contribution in [3.63, 3.8) is 0 Å². The van der Waals surface area contributed by atoms with E-state index in [0.717, 1.165) is 5.39 Å². The normalized spacial score (nSPS) is 10.5. The molecule has 4 rings (SSSR count). The van der Waals surface area contributed by atoms with Gasteiger partial charge in [-0.2, -0.15) is 4.90 Å². The fourth-order valence-corrected chi connectivity index (χ4v) is 3.22. The largest absolute Gasteiger partial charge is 0.464 e. The van der Waals surface area contributed by atoms with Crippen molar-refractivity contribution in [3.8, 4) is 17.2 Å². The summed E-state index contributed by atoms with van der Waals surface area (Å²) in [4.78, 5) is 40.7. The number of nitrogens with zero attached hydrogens (tertiary/aromatic N) is 3. The number of benzene rings is 2. The summed E-state index contributed by atoms with van der Waals surface area (Å²) in [5.41, 5.74) is 0.703. The third-order valence-electron chi connectivity index (χ3n) is 4.71. The Morgan fingerprint density at radius 2 is 1.76 bits per heavy atom. The van der Waals surface area contributed by atoms with Crippen LogP contribution >= 0.6 is 0 Å². The summed E-state index contributed by atoms with van der Waals surface area (Å²) >= 11 is 0. The molecule has 0 saturated heterocycles. The van der Waals surface area contributed by atoms with Crippen molar-refractivity contribution in [2.75, 3.05) is 11.4 Å². The Morgan fingerprint density at radius 1 is 1.00 bits per heavy atom. The van der Waals surface area contributed by atoms with Gasteiger partial charge in [-0.05, 0) is 49.4 Å². The SMILES string of the molecule is CCNC(=O)n1ccc2cc(Oc3ccnc(N(C(=O)O)C(=O)Oc4ccccc4)c3)ccc21. The second kappa shape index (κ2) is 9.74. The summed E-state index contributed by atoms with van der Waals surface area (Å²) in [6, 6.07) is 17.6. The Balaban J connectivity index is 1.55. The molecule has 3 amide bonds. The van der Waals surface area contributed by atoms with Crippen LogP contribution in [0.5, 0.6) is 17.2 Å². The molecule has 2 aromatic heterocycles. The lowest BCUT2D eigenvalue weighted by atomic mass is 10.2. The quantitative estimate of drug-likeness (QED) is 0.425. The van der Waals surface area contributed by atoms with Crippen LogP contribution in [0.1, 0.15) is 6.92 Å². The standard InChI is InChI=1S/C24H20N4O6/c1-2-25-22(29)27-13-11-16-14-18(8-9-20(16)27)33-19-10-12-26-21(15-19)28(23(30)31)24(32)34-17-6-4-3-5-7-17/h3-15H,2H2,1H3,(H,25,29)(H,30,31). The number of nitrogens with one attached hydrogen (secondary N) is 1. The molecule has 0 aliphatic heterocycles. The lowest BCUT2D eigenvalue weighted by Gasteiger charge is -2.16. The Morgan fingerprint density at radius 3 is 2.50 bits per heavy atom. The minimum Gasteiger partial charge on any atom is -0.464 e. The van der Waals surface area contributed by atoms with Gasteiger partial charge in [0, 0.05) is 30.4 Å². The monoisotopic (exact) mass is 460 g/mol. The van der Waals surface area contributed by atoms with Crippen molar-refractivity contribution >= 4 is 34.9 Å². The molecular formula is C24H20N4O6. The Bertz CT molecular complexity index is 1350. The summed E-state index contributed by atoms with van der Waals surface area (Å²) in [5, 5.41) is 13.1. The smallest absolute Gasteiger partial charge is 0.430 e. The van der Waals surface area contributed by atoms with Crippen molar-refractivity contribution < 1.29 is 29.0 Å². The van der Waals surface area contributed by atoms with E-state index in [2.05, 4.69) is 10.3 Å². The van der Waals surface area contributed by atoms with Crippen LogP contribution in [0.4, 0.5) is 20.2 Å². The van der Waals surface area contributed by atoms with E-state index >= 15 is 0 Å². The first-order valence-electron chi connectivity index (χ1n) is 10.3. The van der Waals surface area contributed by atoms with Crippen LogP contribution in [0, 0.1) is 0 Å². The van der Waals surface area contributed by atoms with E-state index in [4.69, 9.17) is 9.47 Å². The molecule has 0 unspecified atom stereocenters. The number of imide groups is 1. The number of anilines is 1. The summed E-state index contributed by atoms with van der Waals surface area (Å²) in [6.07, 6.45) is 0.295. The molecule has 0 radical (unpaired) electrons. The Kier molecular flexibility index (Phi) is 6.40. The third kappa shape index (κ3) is 4.80. The number of ether oxygens (including phenoxy) is 2. The Labute approximate surface area is 194 Å². The van der Waals surface area contributed by atoms with Crippen LogP contribution in [-0.2, 0) is 0 Å². The predicted molar refractivity (Wildman–Crippen MR) is 124 cm³/mol. The van der Waals surface area contributed by atoms with Crippen molar-refractivity contribution in [2.24, 2.45) is 0 Å². The number of amides is 3. The molecule has 0 aliphatic rings. The van der Waals surface area contributed by atoms with Crippen molar-refractivity contribution in [3.05, 3.63) is 79.1 Å². The first-order chi connectivity index (χ1) is 16.5. The van der Waals surface area contributed by atoms with Gasteiger partial charge in [0.05, 0.1) is 5.52 Å².